The average Bonchev–Trinajstić information content (AvgIpc) is 3.32. The molecule has 0 bridgehead atoms. The van der Waals surface area contributed by atoms with E-state index in [2.05, 4.69) is 10.4 Å². The molecule has 3 aromatic rings. The van der Waals surface area contributed by atoms with E-state index in [9.17, 15) is 4.79 Å². The van der Waals surface area contributed by atoms with Crippen molar-refractivity contribution in [3.63, 3.8) is 0 Å². The molecule has 130 valence electrons. The molecule has 3 heterocycles. The first-order valence-corrected chi connectivity index (χ1v) is 9.43. The van der Waals surface area contributed by atoms with Gasteiger partial charge in [0.05, 0.1) is 11.0 Å². The van der Waals surface area contributed by atoms with Crippen LogP contribution in [0.25, 0.3) is 21.5 Å². The van der Waals surface area contributed by atoms with E-state index in [1.165, 1.54) is 11.3 Å². The standard InChI is InChI=1S/C18H18ClN3O2S/c1-22-18-14(16(21-22)11-4-6-12(19)7-5-11)9-15(25-18)17(23)20-10-13-3-2-8-24-13/h4-7,9,13H,2-3,8,10H2,1H3,(H,20,23)/t13-/m1/s1. The molecule has 1 fully saturated rings. The van der Waals surface area contributed by atoms with E-state index >= 15 is 0 Å². The fourth-order valence-corrected chi connectivity index (χ4v) is 4.19. The lowest BCUT2D eigenvalue weighted by Crippen LogP contribution is -2.31. The number of hydrogen-bond acceptors (Lipinski definition) is 4. The Kier molecular flexibility index (Phi) is 4.50. The molecule has 1 aliphatic heterocycles. The maximum atomic E-state index is 12.5. The number of nitrogens with zero attached hydrogens (tertiary/aromatic N) is 2. The van der Waals surface area contributed by atoms with Gasteiger partial charge in [-0.3, -0.25) is 9.48 Å². The first-order valence-electron chi connectivity index (χ1n) is 8.24. The van der Waals surface area contributed by atoms with Crippen LogP contribution in [0.3, 0.4) is 0 Å². The Labute approximate surface area is 154 Å². The molecule has 5 nitrogen and oxygen atoms in total. The van der Waals surface area contributed by atoms with Crippen LogP contribution in [0.5, 0.6) is 0 Å². The summed E-state index contributed by atoms with van der Waals surface area (Å²) in [5.74, 6) is -0.0567. The number of benzene rings is 1. The fourth-order valence-electron chi connectivity index (χ4n) is 3.07. The predicted molar refractivity (Wildman–Crippen MR) is 100 cm³/mol. The molecular formula is C18H18ClN3O2S. The minimum atomic E-state index is -0.0567. The van der Waals surface area contributed by atoms with Gasteiger partial charge in [-0.1, -0.05) is 23.7 Å². The first-order chi connectivity index (χ1) is 12.1. The molecular weight excluding hydrogens is 358 g/mol. The number of aryl methyl sites for hydroxylation is 1. The quantitative estimate of drug-likeness (QED) is 0.753. The lowest BCUT2D eigenvalue weighted by Gasteiger charge is -2.09. The molecule has 4 rings (SSSR count). The van der Waals surface area contributed by atoms with Gasteiger partial charge in [-0.05, 0) is 31.0 Å². The highest BCUT2D eigenvalue weighted by Gasteiger charge is 2.20. The molecule has 1 atom stereocenters. The van der Waals surface area contributed by atoms with Crippen LogP contribution in [0, 0.1) is 0 Å². The van der Waals surface area contributed by atoms with E-state index in [1.807, 2.05) is 42.1 Å². The highest BCUT2D eigenvalue weighted by molar-refractivity contribution is 7.20. The van der Waals surface area contributed by atoms with Crippen LogP contribution in [-0.4, -0.2) is 34.9 Å². The Balaban J connectivity index is 1.60. The number of rotatable bonds is 4. The Hall–Kier alpha value is -1.89. The third-order valence-corrected chi connectivity index (χ3v) is 5.82. The zero-order valence-corrected chi connectivity index (χ0v) is 15.4. The number of hydrogen-bond donors (Lipinski definition) is 1. The second-order valence-corrected chi connectivity index (χ2v) is 7.62. The Bertz CT molecular complexity index is 910. The number of carbonyl (C=O) groups excluding carboxylic acids is 1. The first kappa shape index (κ1) is 16.6. The summed E-state index contributed by atoms with van der Waals surface area (Å²) >= 11 is 7.42. The largest absolute Gasteiger partial charge is 0.376 e. The lowest BCUT2D eigenvalue weighted by atomic mass is 10.1. The molecule has 1 saturated heterocycles. The van der Waals surface area contributed by atoms with Gasteiger partial charge in [0.2, 0.25) is 0 Å². The van der Waals surface area contributed by atoms with Crippen LogP contribution in [-0.2, 0) is 11.8 Å². The van der Waals surface area contributed by atoms with Crippen molar-refractivity contribution >= 4 is 39.1 Å². The summed E-state index contributed by atoms with van der Waals surface area (Å²) in [5.41, 5.74) is 1.85. The molecule has 0 aliphatic carbocycles. The summed E-state index contributed by atoms with van der Waals surface area (Å²) in [5, 5.41) is 9.24. The monoisotopic (exact) mass is 375 g/mol. The van der Waals surface area contributed by atoms with Crippen molar-refractivity contribution in [3.05, 3.63) is 40.2 Å². The van der Waals surface area contributed by atoms with Gasteiger partial charge in [0, 0.05) is 36.2 Å². The number of carbonyl (C=O) groups is 1. The van der Waals surface area contributed by atoms with E-state index in [1.54, 1.807) is 0 Å². The normalized spacial score (nSPS) is 17.3. The summed E-state index contributed by atoms with van der Waals surface area (Å²) in [7, 11) is 1.90. The maximum absolute atomic E-state index is 12.5. The van der Waals surface area contributed by atoms with E-state index in [0.717, 1.165) is 40.9 Å². The van der Waals surface area contributed by atoms with Crippen molar-refractivity contribution < 1.29 is 9.53 Å². The summed E-state index contributed by atoms with van der Waals surface area (Å²) in [4.78, 5) is 14.1. The summed E-state index contributed by atoms with van der Waals surface area (Å²) in [6, 6.07) is 9.50. The van der Waals surface area contributed by atoms with Gasteiger partial charge in [0.15, 0.2) is 0 Å². The molecule has 1 aromatic carbocycles. The van der Waals surface area contributed by atoms with Crippen LogP contribution >= 0.6 is 22.9 Å². The Morgan fingerprint density at radius 2 is 2.24 bits per heavy atom. The van der Waals surface area contributed by atoms with Crippen molar-refractivity contribution in [2.24, 2.45) is 7.05 Å². The second kappa shape index (κ2) is 6.78. The van der Waals surface area contributed by atoms with Gasteiger partial charge >= 0.3 is 0 Å². The van der Waals surface area contributed by atoms with Gasteiger partial charge in [0.25, 0.3) is 5.91 Å². The third-order valence-electron chi connectivity index (χ3n) is 4.37. The van der Waals surface area contributed by atoms with Crippen molar-refractivity contribution in [3.8, 4) is 11.3 Å². The molecule has 1 amide bonds. The number of ether oxygens (including phenoxy) is 1. The fraction of sp³-hybridized carbons (Fsp3) is 0.333. The second-order valence-electron chi connectivity index (χ2n) is 6.15. The molecule has 0 unspecified atom stereocenters. The van der Waals surface area contributed by atoms with Gasteiger partial charge in [-0.2, -0.15) is 5.10 Å². The lowest BCUT2D eigenvalue weighted by molar-refractivity contribution is 0.0861. The minimum absolute atomic E-state index is 0.0567. The molecule has 0 radical (unpaired) electrons. The highest BCUT2D eigenvalue weighted by atomic mass is 35.5. The van der Waals surface area contributed by atoms with E-state index < -0.39 is 0 Å². The van der Waals surface area contributed by atoms with Crippen molar-refractivity contribution in [1.29, 1.82) is 0 Å². The van der Waals surface area contributed by atoms with E-state index in [0.29, 0.717) is 16.4 Å². The highest BCUT2D eigenvalue weighted by Crippen LogP contribution is 2.34. The zero-order chi connectivity index (χ0) is 17.4. The molecule has 1 N–H and O–H groups in total. The van der Waals surface area contributed by atoms with Crippen LogP contribution in [0.15, 0.2) is 30.3 Å². The van der Waals surface area contributed by atoms with Gasteiger partial charge in [-0.25, -0.2) is 0 Å². The Morgan fingerprint density at radius 3 is 2.96 bits per heavy atom. The summed E-state index contributed by atoms with van der Waals surface area (Å²) < 4.78 is 7.37. The molecule has 0 spiro atoms. The van der Waals surface area contributed by atoms with E-state index in [-0.39, 0.29) is 12.0 Å². The maximum Gasteiger partial charge on any atom is 0.261 e. The predicted octanol–water partition coefficient (Wildman–Crippen LogP) is 3.86. The molecule has 0 saturated carbocycles. The van der Waals surface area contributed by atoms with Gasteiger partial charge < -0.3 is 10.1 Å². The zero-order valence-electron chi connectivity index (χ0n) is 13.8. The number of nitrogens with one attached hydrogen (secondary N) is 1. The number of thiophene rings is 1. The van der Waals surface area contributed by atoms with Crippen molar-refractivity contribution in [2.75, 3.05) is 13.2 Å². The van der Waals surface area contributed by atoms with E-state index in [4.69, 9.17) is 16.3 Å². The smallest absolute Gasteiger partial charge is 0.261 e. The van der Waals surface area contributed by atoms with Crippen LogP contribution in [0.2, 0.25) is 5.02 Å². The van der Waals surface area contributed by atoms with Crippen molar-refractivity contribution in [1.82, 2.24) is 15.1 Å². The summed E-state index contributed by atoms with van der Waals surface area (Å²) in [6.07, 6.45) is 2.22. The number of amides is 1. The number of fused-ring (bicyclic) bond motifs is 1. The molecule has 2 aromatic heterocycles. The molecule has 7 heteroatoms. The minimum Gasteiger partial charge on any atom is -0.376 e. The number of halogens is 1. The van der Waals surface area contributed by atoms with Crippen LogP contribution in [0.4, 0.5) is 0 Å². The van der Waals surface area contributed by atoms with Crippen molar-refractivity contribution in [2.45, 2.75) is 18.9 Å². The average molecular weight is 376 g/mol. The van der Waals surface area contributed by atoms with Gasteiger partial charge in [0.1, 0.15) is 10.5 Å². The molecule has 1 aliphatic rings. The molecule has 25 heavy (non-hydrogen) atoms. The SMILES string of the molecule is Cn1nc(-c2ccc(Cl)cc2)c2cc(C(=O)NC[C@H]3CCCO3)sc21. The topological polar surface area (TPSA) is 56.2 Å². The number of aromatic nitrogens is 2. The summed E-state index contributed by atoms with van der Waals surface area (Å²) in [6.45, 7) is 1.36. The third kappa shape index (κ3) is 3.29. The van der Waals surface area contributed by atoms with Gasteiger partial charge in [-0.15, -0.1) is 11.3 Å². The van der Waals surface area contributed by atoms with Crippen LogP contribution in [0.1, 0.15) is 22.5 Å². The van der Waals surface area contributed by atoms with Crippen LogP contribution < -0.4 is 5.32 Å². The Morgan fingerprint density at radius 1 is 1.44 bits per heavy atom.